The zero-order valence-corrected chi connectivity index (χ0v) is 19.0. The number of hydrogen-bond donors (Lipinski definition) is 1. The topological polar surface area (TPSA) is 64.4 Å². The quantitative estimate of drug-likeness (QED) is 0.239. The highest BCUT2D eigenvalue weighted by Gasteiger charge is 2.49. The van der Waals surface area contributed by atoms with E-state index in [1.165, 1.54) is 6.07 Å². The molecule has 5 nitrogen and oxygen atoms in total. The average molecular weight is 439 g/mol. The first-order chi connectivity index (χ1) is 14.8. The van der Waals surface area contributed by atoms with Gasteiger partial charge >= 0.3 is 0 Å². The van der Waals surface area contributed by atoms with Crippen LogP contribution < -0.4 is 15.7 Å². The smallest absolute Gasteiger partial charge is 0.292 e. The standard InChI is InChI=1S/C24H27FN2O3Si/c1-24(2,3)31(20-10-6-4-7-11-20,21-12-8-5-9-13-21)30-17-16-26-22-18-19(25)14-15-23(22)27(28)29/h4-15,18,26H,16-17H2,1-3H3. The Morgan fingerprint density at radius 2 is 1.52 bits per heavy atom. The van der Waals surface area contributed by atoms with Gasteiger partial charge in [0.1, 0.15) is 11.5 Å². The van der Waals surface area contributed by atoms with Crippen molar-refractivity contribution in [2.24, 2.45) is 0 Å². The van der Waals surface area contributed by atoms with Gasteiger partial charge in [-0.25, -0.2) is 4.39 Å². The van der Waals surface area contributed by atoms with Gasteiger partial charge in [-0.15, -0.1) is 0 Å². The molecule has 3 aromatic carbocycles. The van der Waals surface area contributed by atoms with Crippen molar-refractivity contribution in [1.82, 2.24) is 0 Å². The number of nitrogens with zero attached hydrogens (tertiary/aromatic N) is 1. The first kappa shape index (κ1) is 22.6. The van der Waals surface area contributed by atoms with Gasteiger partial charge in [0.25, 0.3) is 14.0 Å². The summed E-state index contributed by atoms with van der Waals surface area (Å²) < 4.78 is 20.4. The van der Waals surface area contributed by atoms with E-state index in [0.717, 1.165) is 22.5 Å². The Kier molecular flexibility index (Phi) is 6.87. The van der Waals surface area contributed by atoms with E-state index in [9.17, 15) is 14.5 Å². The second-order valence-corrected chi connectivity index (χ2v) is 12.7. The molecule has 0 saturated carbocycles. The van der Waals surface area contributed by atoms with Gasteiger partial charge in [-0.1, -0.05) is 81.4 Å². The maximum Gasteiger partial charge on any atom is 0.292 e. The van der Waals surface area contributed by atoms with Crippen LogP contribution in [0, 0.1) is 15.9 Å². The predicted molar refractivity (Wildman–Crippen MR) is 125 cm³/mol. The van der Waals surface area contributed by atoms with Crippen LogP contribution in [-0.4, -0.2) is 26.4 Å². The molecule has 0 amide bonds. The normalized spacial score (nSPS) is 11.9. The monoisotopic (exact) mass is 438 g/mol. The summed E-state index contributed by atoms with van der Waals surface area (Å²) in [6.07, 6.45) is 0. The fraction of sp³-hybridized carbons (Fsp3) is 0.250. The molecule has 0 unspecified atom stereocenters. The van der Waals surface area contributed by atoms with Crippen LogP contribution in [0.15, 0.2) is 78.9 Å². The molecule has 31 heavy (non-hydrogen) atoms. The van der Waals surface area contributed by atoms with Crippen molar-refractivity contribution in [1.29, 1.82) is 0 Å². The lowest BCUT2D eigenvalue weighted by Crippen LogP contribution is -2.66. The van der Waals surface area contributed by atoms with E-state index in [1.54, 1.807) is 0 Å². The summed E-state index contributed by atoms with van der Waals surface area (Å²) in [5, 5.41) is 16.4. The van der Waals surface area contributed by atoms with Crippen LogP contribution in [0.3, 0.4) is 0 Å². The molecule has 0 fully saturated rings. The molecule has 0 aliphatic carbocycles. The van der Waals surface area contributed by atoms with Gasteiger partial charge in [0.15, 0.2) is 0 Å². The molecule has 0 aliphatic heterocycles. The summed E-state index contributed by atoms with van der Waals surface area (Å²) in [6.45, 7) is 7.19. The molecular weight excluding hydrogens is 411 g/mol. The molecule has 0 spiro atoms. The van der Waals surface area contributed by atoms with Gasteiger partial charge in [-0.3, -0.25) is 10.1 Å². The number of hydrogen-bond acceptors (Lipinski definition) is 4. The SMILES string of the molecule is CC(C)(C)[Si](OCCNc1cc(F)ccc1[N+](=O)[O-])(c1ccccc1)c1ccccc1. The zero-order chi connectivity index (χ0) is 22.5. The molecule has 3 rings (SSSR count). The fourth-order valence-electron chi connectivity index (χ4n) is 3.96. The van der Waals surface area contributed by atoms with E-state index in [4.69, 9.17) is 4.43 Å². The third-order valence-electron chi connectivity index (χ3n) is 5.31. The van der Waals surface area contributed by atoms with E-state index in [2.05, 4.69) is 50.4 Å². The second-order valence-electron chi connectivity index (χ2n) is 8.36. The van der Waals surface area contributed by atoms with E-state index >= 15 is 0 Å². The lowest BCUT2D eigenvalue weighted by Gasteiger charge is -2.43. The van der Waals surface area contributed by atoms with Crippen molar-refractivity contribution >= 4 is 30.1 Å². The number of anilines is 1. The predicted octanol–water partition coefficient (Wildman–Crippen LogP) is 4.72. The van der Waals surface area contributed by atoms with Crippen molar-refractivity contribution in [3.63, 3.8) is 0 Å². The van der Waals surface area contributed by atoms with Gasteiger partial charge < -0.3 is 9.74 Å². The highest BCUT2D eigenvalue weighted by molar-refractivity contribution is 6.99. The summed E-state index contributed by atoms with van der Waals surface area (Å²) >= 11 is 0. The summed E-state index contributed by atoms with van der Waals surface area (Å²) in [5.41, 5.74) is -0.0112. The van der Waals surface area contributed by atoms with Crippen LogP contribution in [0.1, 0.15) is 20.8 Å². The number of nitrogens with one attached hydrogen (secondary N) is 1. The molecular formula is C24H27FN2O3Si. The van der Waals surface area contributed by atoms with Crippen molar-refractivity contribution in [3.05, 3.63) is 94.8 Å². The molecule has 0 aromatic heterocycles. The highest BCUT2D eigenvalue weighted by atomic mass is 28.4. The molecule has 0 saturated heterocycles. The Morgan fingerprint density at radius 3 is 2.00 bits per heavy atom. The third-order valence-corrected chi connectivity index (χ3v) is 10.4. The van der Waals surface area contributed by atoms with Crippen LogP contribution in [0.4, 0.5) is 15.8 Å². The first-order valence-corrected chi connectivity index (χ1v) is 12.1. The zero-order valence-electron chi connectivity index (χ0n) is 18.0. The Labute approximate surface area is 183 Å². The molecule has 0 radical (unpaired) electrons. The Hall–Kier alpha value is -3.03. The largest absolute Gasteiger partial charge is 0.406 e. The summed E-state index contributed by atoms with van der Waals surface area (Å²) in [6, 6.07) is 23.9. The number of nitro groups is 1. The molecule has 162 valence electrons. The van der Waals surface area contributed by atoms with Gasteiger partial charge in [-0.05, 0) is 21.5 Å². The third kappa shape index (κ3) is 4.83. The maximum absolute atomic E-state index is 13.6. The molecule has 0 heterocycles. The maximum atomic E-state index is 13.6. The van der Waals surface area contributed by atoms with Crippen LogP contribution in [0.5, 0.6) is 0 Å². The van der Waals surface area contributed by atoms with Crippen LogP contribution in [0.25, 0.3) is 0 Å². The second kappa shape index (κ2) is 9.41. The molecule has 0 bridgehead atoms. The van der Waals surface area contributed by atoms with Gasteiger partial charge in [0.2, 0.25) is 0 Å². The van der Waals surface area contributed by atoms with E-state index in [0.29, 0.717) is 13.2 Å². The summed E-state index contributed by atoms with van der Waals surface area (Å²) in [4.78, 5) is 10.7. The minimum atomic E-state index is -2.68. The van der Waals surface area contributed by atoms with Crippen LogP contribution in [0.2, 0.25) is 5.04 Å². The Bertz CT molecular complexity index is 984. The van der Waals surface area contributed by atoms with Gasteiger partial charge in [-0.2, -0.15) is 0 Å². The first-order valence-electron chi connectivity index (χ1n) is 10.2. The number of halogens is 1. The van der Waals surface area contributed by atoms with E-state index in [1.807, 2.05) is 36.4 Å². The minimum Gasteiger partial charge on any atom is -0.406 e. The minimum absolute atomic E-state index is 0.149. The summed E-state index contributed by atoms with van der Waals surface area (Å²) in [5.74, 6) is -0.527. The van der Waals surface area contributed by atoms with Crippen molar-refractivity contribution < 1.29 is 13.7 Å². The molecule has 1 N–H and O–H groups in total. The van der Waals surface area contributed by atoms with Gasteiger partial charge in [0.05, 0.1) is 11.5 Å². The van der Waals surface area contributed by atoms with E-state index in [-0.39, 0.29) is 16.4 Å². The van der Waals surface area contributed by atoms with Gasteiger partial charge in [0, 0.05) is 18.7 Å². The lowest BCUT2D eigenvalue weighted by atomic mass is 10.2. The van der Waals surface area contributed by atoms with Crippen LogP contribution >= 0.6 is 0 Å². The van der Waals surface area contributed by atoms with E-state index < -0.39 is 19.1 Å². The molecule has 7 heteroatoms. The molecule has 0 aliphatic rings. The summed E-state index contributed by atoms with van der Waals surface area (Å²) in [7, 11) is -2.68. The lowest BCUT2D eigenvalue weighted by molar-refractivity contribution is -0.384. The van der Waals surface area contributed by atoms with Crippen molar-refractivity contribution in [3.8, 4) is 0 Å². The van der Waals surface area contributed by atoms with Crippen molar-refractivity contribution in [2.45, 2.75) is 25.8 Å². The average Bonchev–Trinajstić information content (AvgIpc) is 2.74. The molecule has 0 atom stereocenters. The van der Waals surface area contributed by atoms with Crippen LogP contribution in [-0.2, 0) is 4.43 Å². The fourth-order valence-corrected chi connectivity index (χ4v) is 8.52. The highest BCUT2D eigenvalue weighted by Crippen LogP contribution is 2.36. The Balaban J connectivity index is 1.89. The number of nitro benzene ring substituents is 1. The number of benzene rings is 3. The molecule has 3 aromatic rings. The number of rotatable bonds is 8. The van der Waals surface area contributed by atoms with Crippen molar-refractivity contribution in [2.75, 3.05) is 18.5 Å². The Morgan fingerprint density at radius 1 is 0.968 bits per heavy atom.